The topological polar surface area (TPSA) is 53.1 Å². The molecule has 0 aromatic carbocycles. The minimum Gasteiger partial charge on any atom is -0.368 e. The molecule has 2 N–H and O–H groups in total. The molecule has 0 radical (unpaired) electrons. The Hall–Kier alpha value is -1.20. The van der Waals surface area contributed by atoms with Crippen LogP contribution in [0.1, 0.15) is 11.4 Å². The first kappa shape index (κ1) is 12.3. The summed E-state index contributed by atoms with van der Waals surface area (Å²) in [6.45, 7) is 10.4. The van der Waals surface area contributed by atoms with Crippen molar-refractivity contribution < 1.29 is 0 Å². The van der Waals surface area contributed by atoms with Crippen molar-refractivity contribution in [2.24, 2.45) is 0 Å². The third-order valence-electron chi connectivity index (χ3n) is 3.14. The number of anilines is 1. The molecule has 1 aliphatic rings. The molecule has 1 aromatic heterocycles. The Kier molecular flexibility index (Phi) is 4.28. The van der Waals surface area contributed by atoms with Crippen molar-refractivity contribution in [1.29, 1.82) is 0 Å². The standard InChI is InChI=1S/C12H21N5/c1-10-11(2)16-12(9-15-10)14-5-8-17-6-3-13-4-7-17/h9,13H,3-8H2,1-2H3,(H,14,16). The van der Waals surface area contributed by atoms with Crippen LogP contribution in [0.5, 0.6) is 0 Å². The molecule has 0 unspecified atom stereocenters. The lowest BCUT2D eigenvalue weighted by Crippen LogP contribution is -2.45. The van der Waals surface area contributed by atoms with Crippen LogP contribution in [0.2, 0.25) is 0 Å². The van der Waals surface area contributed by atoms with Crippen molar-refractivity contribution in [2.45, 2.75) is 13.8 Å². The van der Waals surface area contributed by atoms with Crippen molar-refractivity contribution in [3.05, 3.63) is 17.6 Å². The summed E-state index contributed by atoms with van der Waals surface area (Å²) in [5.41, 5.74) is 2.00. The van der Waals surface area contributed by atoms with Gasteiger partial charge in [-0.2, -0.15) is 0 Å². The van der Waals surface area contributed by atoms with E-state index in [2.05, 4.69) is 25.5 Å². The maximum atomic E-state index is 4.45. The highest BCUT2D eigenvalue weighted by Crippen LogP contribution is 2.05. The number of rotatable bonds is 4. The van der Waals surface area contributed by atoms with Crippen LogP contribution >= 0.6 is 0 Å². The Morgan fingerprint density at radius 1 is 1.29 bits per heavy atom. The van der Waals surface area contributed by atoms with Gasteiger partial charge in [0.2, 0.25) is 0 Å². The van der Waals surface area contributed by atoms with Crippen LogP contribution < -0.4 is 10.6 Å². The van der Waals surface area contributed by atoms with Crippen LogP contribution in [-0.2, 0) is 0 Å². The second kappa shape index (κ2) is 5.93. The summed E-state index contributed by atoms with van der Waals surface area (Å²) < 4.78 is 0. The molecule has 0 bridgehead atoms. The van der Waals surface area contributed by atoms with Gasteiger partial charge in [0.1, 0.15) is 5.82 Å². The highest BCUT2D eigenvalue weighted by Gasteiger charge is 2.08. The number of hydrogen-bond acceptors (Lipinski definition) is 5. The molecule has 2 heterocycles. The summed E-state index contributed by atoms with van der Waals surface area (Å²) in [6.07, 6.45) is 1.81. The first-order valence-electron chi connectivity index (χ1n) is 6.23. The molecule has 0 spiro atoms. The van der Waals surface area contributed by atoms with E-state index in [1.807, 2.05) is 13.8 Å². The number of nitrogens with zero attached hydrogens (tertiary/aromatic N) is 3. The minimum absolute atomic E-state index is 0.878. The fourth-order valence-electron chi connectivity index (χ4n) is 1.90. The quantitative estimate of drug-likeness (QED) is 0.792. The van der Waals surface area contributed by atoms with E-state index < -0.39 is 0 Å². The Labute approximate surface area is 103 Å². The molecule has 0 amide bonds. The van der Waals surface area contributed by atoms with E-state index in [9.17, 15) is 0 Å². The van der Waals surface area contributed by atoms with E-state index >= 15 is 0 Å². The van der Waals surface area contributed by atoms with Gasteiger partial charge >= 0.3 is 0 Å². The monoisotopic (exact) mass is 235 g/mol. The SMILES string of the molecule is Cc1ncc(NCCN2CCNCC2)nc1C. The predicted octanol–water partition coefficient (Wildman–Crippen LogP) is 0.411. The van der Waals surface area contributed by atoms with E-state index in [1.165, 1.54) is 0 Å². The molecule has 0 aliphatic carbocycles. The van der Waals surface area contributed by atoms with Gasteiger partial charge in [-0.15, -0.1) is 0 Å². The van der Waals surface area contributed by atoms with Gasteiger partial charge in [0.15, 0.2) is 0 Å². The molecule has 5 heteroatoms. The Balaban J connectivity index is 1.75. The zero-order chi connectivity index (χ0) is 12.1. The molecule has 17 heavy (non-hydrogen) atoms. The van der Waals surface area contributed by atoms with E-state index in [1.54, 1.807) is 6.20 Å². The van der Waals surface area contributed by atoms with Gasteiger partial charge in [-0.05, 0) is 13.8 Å². The lowest BCUT2D eigenvalue weighted by Gasteiger charge is -2.27. The molecule has 0 saturated carbocycles. The van der Waals surface area contributed by atoms with Gasteiger partial charge in [0, 0.05) is 39.3 Å². The molecular formula is C12H21N5. The number of aromatic nitrogens is 2. The average molecular weight is 235 g/mol. The minimum atomic E-state index is 0.878. The van der Waals surface area contributed by atoms with Crippen LogP contribution in [0, 0.1) is 13.8 Å². The number of hydrogen-bond donors (Lipinski definition) is 2. The van der Waals surface area contributed by atoms with Crippen LogP contribution in [0.4, 0.5) is 5.82 Å². The van der Waals surface area contributed by atoms with Crippen molar-refractivity contribution in [3.8, 4) is 0 Å². The van der Waals surface area contributed by atoms with Crippen molar-refractivity contribution >= 4 is 5.82 Å². The molecular weight excluding hydrogens is 214 g/mol. The summed E-state index contributed by atoms with van der Waals surface area (Å²) in [4.78, 5) is 11.2. The highest BCUT2D eigenvalue weighted by molar-refractivity contribution is 5.33. The molecule has 94 valence electrons. The van der Waals surface area contributed by atoms with Crippen molar-refractivity contribution in [3.63, 3.8) is 0 Å². The van der Waals surface area contributed by atoms with Crippen molar-refractivity contribution in [2.75, 3.05) is 44.6 Å². The van der Waals surface area contributed by atoms with Crippen LogP contribution in [0.25, 0.3) is 0 Å². The zero-order valence-corrected chi connectivity index (χ0v) is 10.7. The fourth-order valence-corrected chi connectivity index (χ4v) is 1.90. The molecule has 1 saturated heterocycles. The number of aryl methyl sites for hydroxylation is 2. The molecule has 5 nitrogen and oxygen atoms in total. The fraction of sp³-hybridized carbons (Fsp3) is 0.667. The maximum Gasteiger partial charge on any atom is 0.144 e. The number of nitrogens with one attached hydrogen (secondary N) is 2. The van der Waals surface area contributed by atoms with Gasteiger partial charge in [-0.1, -0.05) is 0 Å². The highest BCUT2D eigenvalue weighted by atomic mass is 15.2. The van der Waals surface area contributed by atoms with E-state index in [0.717, 1.165) is 56.5 Å². The van der Waals surface area contributed by atoms with Crippen LogP contribution in [-0.4, -0.2) is 54.1 Å². The smallest absolute Gasteiger partial charge is 0.144 e. The van der Waals surface area contributed by atoms with Gasteiger partial charge in [-0.3, -0.25) is 9.88 Å². The molecule has 0 atom stereocenters. The number of piperazine rings is 1. The normalized spacial score (nSPS) is 17.1. The average Bonchev–Trinajstić information content (AvgIpc) is 2.35. The molecule has 1 aromatic rings. The lowest BCUT2D eigenvalue weighted by molar-refractivity contribution is 0.249. The van der Waals surface area contributed by atoms with Crippen molar-refractivity contribution in [1.82, 2.24) is 20.2 Å². The Bertz CT molecular complexity index is 360. The zero-order valence-electron chi connectivity index (χ0n) is 10.7. The van der Waals surface area contributed by atoms with Crippen LogP contribution in [0.3, 0.4) is 0 Å². The molecule has 2 rings (SSSR count). The van der Waals surface area contributed by atoms with Crippen LogP contribution in [0.15, 0.2) is 6.20 Å². The van der Waals surface area contributed by atoms with E-state index in [0.29, 0.717) is 0 Å². The third-order valence-corrected chi connectivity index (χ3v) is 3.14. The maximum absolute atomic E-state index is 4.45. The third kappa shape index (κ3) is 3.64. The van der Waals surface area contributed by atoms with Gasteiger partial charge in [0.25, 0.3) is 0 Å². The summed E-state index contributed by atoms with van der Waals surface area (Å²) in [5, 5.41) is 6.68. The summed E-state index contributed by atoms with van der Waals surface area (Å²) >= 11 is 0. The largest absolute Gasteiger partial charge is 0.368 e. The summed E-state index contributed by atoms with van der Waals surface area (Å²) in [6, 6.07) is 0. The lowest BCUT2D eigenvalue weighted by atomic mass is 10.3. The Morgan fingerprint density at radius 3 is 2.76 bits per heavy atom. The first-order chi connectivity index (χ1) is 8.25. The van der Waals surface area contributed by atoms with E-state index in [-0.39, 0.29) is 0 Å². The Morgan fingerprint density at radius 2 is 2.06 bits per heavy atom. The molecule has 1 aliphatic heterocycles. The predicted molar refractivity (Wildman–Crippen MR) is 69.3 cm³/mol. The van der Waals surface area contributed by atoms with Gasteiger partial charge in [-0.25, -0.2) is 4.98 Å². The molecule has 1 fully saturated rings. The summed E-state index contributed by atoms with van der Waals surface area (Å²) in [7, 11) is 0. The summed E-state index contributed by atoms with van der Waals surface area (Å²) in [5.74, 6) is 0.878. The van der Waals surface area contributed by atoms with Gasteiger partial charge < -0.3 is 10.6 Å². The second-order valence-corrected chi connectivity index (χ2v) is 4.44. The second-order valence-electron chi connectivity index (χ2n) is 4.44. The first-order valence-corrected chi connectivity index (χ1v) is 6.23. The van der Waals surface area contributed by atoms with Gasteiger partial charge in [0.05, 0.1) is 17.6 Å². The van der Waals surface area contributed by atoms with E-state index in [4.69, 9.17) is 0 Å².